The SMILES string of the molecule is Cc1ccc([C@H](O)CCN)cc1Br. The third-order valence-corrected chi connectivity index (χ3v) is 2.88. The molecule has 0 amide bonds. The molecule has 0 spiro atoms. The molecule has 0 aliphatic heterocycles. The molecule has 1 aromatic carbocycles. The summed E-state index contributed by atoms with van der Waals surface area (Å²) >= 11 is 3.42. The summed E-state index contributed by atoms with van der Waals surface area (Å²) in [5, 5.41) is 9.64. The molecule has 0 fully saturated rings. The van der Waals surface area contributed by atoms with E-state index in [1.54, 1.807) is 0 Å². The molecule has 13 heavy (non-hydrogen) atoms. The molecular weight excluding hydrogens is 230 g/mol. The Morgan fingerprint density at radius 3 is 2.77 bits per heavy atom. The molecule has 1 aromatic rings. The molecule has 1 rings (SSSR count). The van der Waals surface area contributed by atoms with Crippen molar-refractivity contribution in [2.75, 3.05) is 6.54 Å². The normalized spacial score (nSPS) is 12.9. The zero-order chi connectivity index (χ0) is 9.84. The van der Waals surface area contributed by atoms with Crippen LogP contribution in [0.1, 0.15) is 23.7 Å². The van der Waals surface area contributed by atoms with Gasteiger partial charge in [-0.25, -0.2) is 0 Å². The van der Waals surface area contributed by atoms with Crippen LogP contribution >= 0.6 is 15.9 Å². The standard InChI is InChI=1S/C10H14BrNO/c1-7-2-3-8(6-9(7)11)10(13)4-5-12/h2-3,6,10,13H,4-5,12H2,1H3/t10-/m1/s1. The molecule has 0 saturated carbocycles. The molecule has 2 nitrogen and oxygen atoms in total. The first kappa shape index (κ1) is 10.7. The summed E-state index contributed by atoms with van der Waals surface area (Å²) in [5.74, 6) is 0. The van der Waals surface area contributed by atoms with Crippen LogP contribution in [0.15, 0.2) is 22.7 Å². The second-order valence-electron chi connectivity index (χ2n) is 3.10. The average molecular weight is 244 g/mol. The van der Waals surface area contributed by atoms with Gasteiger partial charge in [0.05, 0.1) is 6.10 Å². The minimum absolute atomic E-state index is 0.443. The summed E-state index contributed by atoms with van der Waals surface area (Å²) < 4.78 is 1.03. The predicted octanol–water partition coefficient (Wildman–Crippen LogP) is 2.14. The first-order valence-corrected chi connectivity index (χ1v) is 5.08. The smallest absolute Gasteiger partial charge is 0.0802 e. The first-order chi connectivity index (χ1) is 6.15. The third-order valence-electron chi connectivity index (χ3n) is 2.02. The quantitative estimate of drug-likeness (QED) is 0.855. The van der Waals surface area contributed by atoms with E-state index < -0.39 is 6.10 Å². The van der Waals surface area contributed by atoms with E-state index in [1.807, 2.05) is 25.1 Å². The van der Waals surface area contributed by atoms with Crippen molar-refractivity contribution in [2.45, 2.75) is 19.4 Å². The van der Waals surface area contributed by atoms with Crippen LogP contribution in [0.4, 0.5) is 0 Å². The van der Waals surface area contributed by atoms with Gasteiger partial charge >= 0.3 is 0 Å². The van der Waals surface area contributed by atoms with E-state index in [2.05, 4.69) is 15.9 Å². The van der Waals surface area contributed by atoms with Gasteiger partial charge in [-0.3, -0.25) is 0 Å². The first-order valence-electron chi connectivity index (χ1n) is 4.29. The molecule has 1 atom stereocenters. The monoisotopic (exact) mass is 243 g/mol. The van der Waals surface area contributed by atoms with E-state index in [1.165, 1.54) is 5.56 Å². The highest BCUT2D eigenvalue weighted by Gasteiger charge is 2.06. The number of rotatable bonds is 3. The Morgan fingerprint density at radius 1 is 1.54 bits per heavy atom. The maximum Gasteiger partial charge on any atom is 0.0802 e. The van der Waals surface area contributed by atoms with Crippen LogP contribution < -0.4 is 5.73 Å². The van der Waals surface area contributed by atoms with Gasteiger partial charge in [-0.2, -0.15) is 0 Å². The predicted molar refractivity (Wildman–Crippen MR) is 57.5 cm³/mol. The van der Waals surface area contributed by atoms with Crippen molar-refractivity contribution in [3.05, 3.63) is 33.8 Å². The van der Waals surface area contributed by atoms with Crippen LogP contribution in [-0.4, -0.2) is 11.7 Å². The third kappa shape index (κ3) is 2.79. The second kappa shape index (κ2) is 4.74. The maximum atomic E-state index is 9.64. The second-order valence-corrected chi connectivity index (χ2v) is 3.96. The molecule has 0 aliphatic rings. The number of halogens is 1. The van der Waals surface area contributed by atoms with Gasteiger partial charge in [-0.15, -0.1) is 0 Å². The van der Waals surface area contributed by atoms with Crippen LogP contribution in [0.25, 0.3) is 0 Å². The Hall–Kier alpha value is -0.380. The van der Waals surface area contributed by atoms with Crippen LogP contribution in [0.5, 0.6) is 0 Å². The van der Waals surface area contributed by atoms with E-state index in [4.69, 9.17) is 5.73 Å². The summed E-state index contributed by atoms with van der Waals surface area (Å²) in [6, 6.07) is 5.86. The van der Waals surface area contributed by atoms with E-state index in [0.717, 1.165) is 10.0 Å². The van der Waals surface area contributed by atoms with Crippen LogP contribution in [0, 0.1) is 6.92 Å². The molecule has 3 N–H and O–H groups in total. The highest BCUT2D eigenvalue weighted by Crippen LogP contribution is 2.23. The topological polar surface area (TPSA) is 46.2 Å². The molecule has 72 valence electrons. The Labute approximate surface area is 86.9 Å². The largest absolute Gasteiger partial charge is 0.388 e. The summed E-state index contributed by atoms with van der Waals surface area (Å²) in [5.41, 5.74) is 7.45. The van der Waals surface area contributed by atoms with Gasteiger partial charge in [0.2, 0.25) is 0 Å². The van der Waals surface area contributed by atoms with Crippen molar-refractivity contribution in [1.29, 1.82) is 0 Å². The highest BCUT2D eigenvalue weighted by atomic mass is 79.9. The molecule has 3 heteroatoms. The van der Waals surface area contributed by atoms with Crippen molar-refractivity contribution < 1.29 is 5.11 Å². The van der Waals surface area contributed by atoms with E-state index >= 15 is 0 Å². The number of hydrogen-bond donors (Lipinski definition) is 2. The van der Waals surface area contributed by atoms with Gasteiger partial charge in [0.25, 0.3) is 0 Å². The van der Waals surface area contributed by atoms with Gasteiger partial charge < -0.3 is 10.8 Å². The Bertz CT molecular complexity index is 288. The number of aliphatic hydroxyl groups excluding tert-OH is 1. The van der Waals surface area contributed by atoms with E-state index in [-0.39, 0.29) is 0 Å². The molecule has 0 aromatic heterocycles. The molecule has 0 heterocycles. The van der Waals surface area contributed by atoms with Crippen molar-refractivity contribution in [1.82, 2.24) is 0 Å². The summed E-state index contributed by atoms with van der Waals surface area (Å²) in [7, 11) is 0. The van der Waals surface area contributed by atoms with Crippen LogP contribution in [0.2, 0.25) is 0 Å². The number of nitrogens with two attached hydrogens (primary N) is 1. The van der Waals surface area contributed by atoms with Crippen LogP contribution in [-0.2, 0) is 0 Å². The number of aryl methyl sites for hydroxylation is 1. The molecule has 0 radical (unpaired) electrons. The highest BCUT2D eigenvalue weighted by molar-refractivity contribution is 9.10. The molecule has 0 aliphatic carbocycles. The zero-order valence-electron chi connectivity index (χ0n) is 7.63. The fraction of sp³-hybridized carbons (Fsp3) is 0.400. The van der Waals surface area contributed by atoms with Crippen molar-refractivity contribution in [3.63, 3.8) is 0 Å². The van der Waals surface area contributed by atoms with Gasteiger partial charge in [0.15, 0.2) is 0 Å². The summed E-state index contributed by atoms with van der Waals surface area (Å²) in [6.07, 6.45) is 0.164. The van der Waals surface area contributed by atoms with Crippen LogP contribution in [0.3, 0.4) is 0 Å². The minimum atomic E-state index is -0.443. The number of benzene rings is 1. The molecule has 0 saturated heterocycles. The van der Waals surface area contributed by atoms with Crippen molar-refractivity contribution in [3.8, 4) is 0 Å². The van der Waals surface area contributed by atoms with Crippen molar-refractivity contribution >= 4 is 15.9 Å². The van der Waals surface area contributed by atoms with Gasteiger partial charge in [0.1, 0.15) is 0 Å². The lowest BCUT2D eigenvalue weighted by Crippen LogP contribution is -2.06. The Morgan fingerprint density at radius 2 is 2.23 bits per heavy atom. The number of hydrogen-bond acceptors (Lipinski definition) is 2. The lowest BCUT2D eigenvalue weighted by atomic mass is 10.1. The molecule has 0 bridgehead atoms. The lowest BCUT2D eigenvalue weighted by molar-refractivity contribution is 0.170. The summed E-state index contributed by atoms with van der Waals surface area (Å²) in [4.78, 5) is 0. The fourth-order valence-electron chi connectivity index (χ4n) is 1.14. The lowest BCUT2D eigenvalue weighted by Gasteiger charge is -2.10. The maximum absolute atomic E-state index is 9.64. The molecular formula is C10H14BrNO. The average Bonchev–Trinajstić information content (AvgIpc) is 2.10. The minimum Gasteiger partial charge on any atom is -0.388 e. The Balaban J connectivity index is 2.84. The van der Waals surface area contributed by atoms with E-state index in [0.29, 0.717) is 13.0 Å². The zero-order valence-corrected chi connectivity index (χ0v) is 9.21. The van der Waals surface area contributed by atoms with Crippen molar-refractivity contribution in [2.24, 2.45) is 5.73 Å². The number of aliphatic hydroxyl groups is 1. The summed E-state index contributed by atoms with van der Waals surface area (Å²) in [6.45, 7) is 2.52. The molecule has 0 unspecified atom stereocenters. The van der Waals surface area contributed by atoms with Gasteiger partial charge in [0, 0.05) is 4.47 Å². The fourth-order valence-corrected chi connectivity index (χ4v) is 1.54. The van der Waals surface area contributed by atoms with Gasteiger partial charge in [-0.05, 0) is 37.1 Å². The van der Waals surface area contributed by atoms with E-state index in [9.17, 15) is 5.11 Å². The Kier molecular flexibility index (Phi) is 3.90. The van der Waals surface area contributed by atoms with Gasteiger partial charge in [-0.1, -0.05) is 28.1 Å².